The van der Waals surface area contributed by atoms with Gasteiger partial charge in [0, 0.05) is 24.7 Å². The van der Waals surface area contributed by atoms with Gasteiger partial charge in [-0.3, -0.25) is 9.13 Å². The van der Waals surface area contributed by atoms with Gasteiger partial charge in [-0.1, -0.05) is 18.2 Å². The van der Waals surface area contributed by atoms with Crippen LogP contribution in [0.5, 0.6) is 0 Å². The predicted octanol–water partition coefficient (Wildman–Crippen LogP) is 2.65. The zero-order valence-electron chi connectivity index (χ0n) is 14.7. The van der Waals surface area contributed by atoms with Crippen molar-refractivity contribution in [2.75, 3.05) is 0 Å². The SMILES string of the molecule is Cn1c(=O)n(C2CCC2)c2c3ccn(S(=O)(=O)c4ccccc4)c3ncc21. The summed E-state index contributed by atoms with van der Waals surface area (Å²) in [6, 6.07) is 10.2. The summed E-state index contributed by atoms with van der Waals surface area (Å²) in [6.07, 6.45) is 6.14. The standard InChI is InChI=1S/C19H18N4O3S/c1-21-16-12-20-18-15(17(16)23(19(21)24)13-6-5-7-13)10-11-22(18)27(25,26)14-8-3-2-4-9-14/h2-4,8-13H,5-7H2,1H3. The molecule has 27 heavy (non-hydrogen) atoms. The van der Waals surface area contributed by atoms with Crippen LogP contribution in [-0.4, -0.2) is 26.5 Å². The van der Waals surface area contributed by atoms with E-state index in [-0.39, 0.29) is 16.6 Å². The first-order valence-electron chi connectivity index (χ1n) is 8.88. The Morgan fingerprint density at radius 1 is 1.11 bits per heavy atom. The van der Waals surface area contributed by atoms with E-state index >= 15 is 0 Å². The van der Waals surface area contributed by atoms with Gasteiger partial charge in [-0.2, -0.15) is 0 Å². The molecule has 0 amide bonds. The smallest absolute Gasteiger partial charge is 0.293 e. The first-order valence-corrected chi connectivity index (χ1v) is 10.3. The number of hydrogen-bond donors (Lipinski definition) is 0. The molecular formula is C19H18N4O3S. The summed E-state index contributed by atoms with van der Waals surface area (Å²) in [5.41, 5.74) is 1.74. The van der Waals surface area contributed by atoms with Crippen LogP contribution in [0.25, 0.3) is 22.1 Å². The highest BCUT2D eigenvalue weighted by molar-refractivity contribution is 7.90. The number of pyridine rings is 1. The molecule has 7 nitrogen and oxygen atoms in total. The van der Waals surface area contributed by atoms with Crippen molar-refractivity contribution in [1.82, 2.24) is 18.1 Å². The number of rotatable bonds is 3. The Kier molecular flexibility index (Phi) is 3.36. The van der Waals surface area contributed by atoms with Crippen molar-refractivity contribution >= 4 is 32.1 Å². The molecule has 3 heterocycles. The Morgan fingerprint density at radius 2 is 1.85 bits per heavy atom. The summed E-state index contributed by atoms with van der Waals surface area (Å²) in [6.45, 7) is 0. The maximum atomic E-state index is 13.1. The molecule has 5 rings (SSSR count). The maximum Gasteiger partial charge on any atom is 0.329 e. The molecule has 8 heteroatoms. The maximum absolute atomic E-state index is 13.1. The fourth-order valence-corrected chi connectivity index (χ4v) is 5.10. The molecule has 0 bridgehead atoms. The van der Waals surface area contributed by atoms with E-state index in [9.17, 15) is 13.2 Å². The summed E-state index contributed by atoms with van der Waals surface area (Å²) in [5, 5.41) is 0.677. The molecule has 1 aliphatic rings. The molecule has 1 saturated carbocycles. The molecule has 3 aromatic heterocycles. The lowest BCUT2D eigenvalue weighted by atomic mass is 9.93. The Hall–Kier alpha value is -2.87. The lowest BCUT2D eigenvalue weighted by Crippen LogP contribution is -2.29. The average Bonchev–Trinajstić information content (AvgIpc) is 3.17. The fourth-order valence-electron chi connectivity index (χ4n) is 3.78. The number of imidazole rings is 1. The van der Waals surface area contributed by atoms with Gasteiger partial charge in [-0.15, -0.1) is 0 Å². The van der Waals surface area contributed by atoms with Gasteiger partial charge in [-0.05, 0) is 37.5 Å². The molecular weight excluding hydrogens is 364 g/mol. The average molecular weight is 382 g/mol. The zero-order valence-corrected chi connectivity index (χ0v) is 15.6. The molecule has 0 saturated heterocycles. The molecule has 1 fully saturated rings. The summed E-state index contributed by atoms with van der Waals surface area (Å²) in [4.78, 5) is 17.4. The second kappa shape index (κ2) is 5.56. The molecule has 4 aromatic rings. The highest BCUT2D eigenvalue weighted by Gasteiger charge is 2.27. The van der Waals surface area contributed by atoms with Crippen LogP contribution in [0.4, 0.5) is 0 Å². The first-order chi connectivity index (χ1) is 13.0. The molecule has 0 unspecified atom stereocenters. The highest BCUT2D eigenvalue weighted by atomic mass is 32.2. The Morgan fingerprint density at radius 3 is 2.52 bits per heavy atom. The minimum Gasteiger partial charge on any atom is -0.293 e. The van der Waals surface area contributed by atoms with Gasteiger partial charge in [0.15, 0.2) is 5.65 Å². The minimum absolute atomic E-state index is 0.0809. The van der Waals surface area contributed by atoms with Gasteiger partial charge in [0.25, 0.3) is 10.0 Å². The van der Waals surface area contributed by atoms with Crippen molar-refractivity contribution in [1.29, 1.82) is 0 Å². The van der Waals surface area contributed by atoms with E-state index in [0.29, 0.717) is 16.6 Å². The Bertz CT molecular complexity index is 1340. The summed E-state index contributed by atoms with van der Waals surface area (Å²) < 4.78 is 30.7. The van der Waals surface area contributed by atoms with Crippen LogP contribution in [0, 0.1) is 0 Å². The molecule has 0 radical (unpaired) electrons. The van der Waals surface area contributed by atoms with Crippen molar-refractivity contribution in [2.45, 2.75) is 30.2 Å². The Balaban J connectivity index is 1.83. The summed E-state index contributed by atoms with van der Waals surface area (Å²) in [5.74, 6) is 0. The summed E-state index contributed by atoms with van der Waals surface area (Å²) >= 11 is 0. The lowest BCUT2D eigenvalue weighted by molar-refractivity contribution is 0.312. The van der Waals surface area contributed by atoms with Crippen molar-refractivity contribution in [3.63, 3.8) is 0 Å². The van der Waals surface area contributed by atoms with Gasteiger partial charge >= 0.3 is 5.69 Å². The van der Waals surface area contributed by atoms with Crippen molar-refractivity contribution in [2.24, 2.45) is 7.05 Å². The third-order valence-electron chi connectivity index (χ3n) is 5.47. The molecule has 0 spiro atoms. The van der Waals surface area contributed by atoms with Gasteiger partial charge in [0.05, 0.1) is 22.1 Å². The number of aromatic nitrogens is 4. The fraction of sp³-hybridized carbons (Fsp3) is 0.263. The molecule has 1 aliphatic carbocycles. The van der Waals surface area contributed by atoms with Crippen LogP contribution in [0.15, 0.2) is 58.5 Å². The summed E-state index contributed by atoms with van der Waals surface area (Å²) in [7, 11) is -2.03. The topological polar surface area (TPSA) is 78.9 Å². The van der Waals surface area contributed by atoms with Gasteiger partial charge in [-0.25, -0.2) is 22.2 Å². The van der Waals surface area contributed by atoms with Gasteiger partial charge in [0.1, 0.15) is 0 Å². The van der Waals surface area contributed by atoms with Crippen LogP contribution in [0.2, 0.25) is 0 Å². The molecule has 1 aromatic carbocycles. The minimum atomic E-state index is -3.76. The lowest BCUT2D eigenvalue weighted by Gasteiger charge is -2.26. The van der Waals surface area contributed by atoms with Crippen molar-refractivity contribution in [3.05, 3.63) is 59.3 Å². The van der Waals surface area contributed by atoms with Crippen LogP contribution >= 0.6 is 0 Å². The van der Waals surface area contributed by atoms with Crippen LogP contribution < -0.4 is 5.69 Å². The monoisotopic (exact) mass is 382 g/mol. The zero-order chi connectivity index (χ0) is 18.8. The van der Waals surface area contributed by atoms with E-state index in [1.807, 2.05) is 4.57 Å². The van der Waals surface area contributed by atoms with E-state index in [1.54, 1.807) is 54.2 Å². The molecule has 0 N–H and O–H groups in total. The molecule has 0 aliphatic heterocycles. The number of hydrogen-bond acceptors (Lipinski definition) is 4. The highest BCUT2D eigenvalue weighted by Crippen LogP contribution is 2.35. The van der Waals surface area contributed by atoms with E-state index in [2.05, 4.69) is 4.98 Å². The van der Waals surface area contributed by atoms with E-state index in [4.69, 9.17) is 0 Å². The van der Waals surface area contributed by atoms with E-state index in [1.165, 1.54) is 10.2 Å². The van der Waals surface area contributed by atoms with Gasteiger partial charge in [0.2, 0.25) is 0 Å². The normalized spacial score (nSPS) is 15.4. The Labute approximate surface area is 155 Å². The number of aryl methyl sites for hydroxylation is 1. The van der Waals surface area contributed by atoms with Crippen molar-refractivity contribution < 1.29 is 8.42 Å². The van der Waals surface area contributed by atoms with E-state index < -0.39 is 10.0 Å². The molecule has 0 atom stereocenters. The first kappa shape index (κ1) is 16.3. The predicted molar refractivity (Wildman–Crippen MR) is 102 cm³/mol. The number of benzene rings is 1. The van der Waals surface area contributed by atoms with Gasteiger partial charge < -0.3 is 0 Å². The van der Waals surface area contributed by atoms with Crippen LogP contribution in [0.3, 0.4) is 0 Å². The second-order valence-electron chi connectivity index (χ2n) is 6.96. The van der Waals surface area contributed by atoms with Crippen LogP contribution in [-0.2, 0) is 17.1 Å². The van der Waals surface area contributed by atoms with Crippen molar-refractivity contribution in [3.8, 4) is 0 Å². The quantitative estimate of drug-likeness (QED) is 0.546. The van der Waals surface area contributed by atoms with E-state index in [0.717, 1.165) is 24.8 Å². The third kappa shape index (κ3) is 2.16. The van der Waals surface area contributed by atoms with Crippen LogP contribution in [0.1, 0.15) is 25.3 Å². The second-order valence-corrected chi connectivity index (χ2v) is 8.77. The third-order valence-corrected chi connectivity index (χ3v) is 7.15. The number of nitrogens with zero attached hydrogens (tertiary/aromatic N) is 4. The number of fused-ring (bicyclic) bond motifs is 3. The largest absolute Gasteiger partial charge is 0.329 e. The molecule has 138 valence electrons.